The largest absolute Gasteiger partial charge is 0.504 e. The summed E-state index contributed by atoms with van der Waals surface area (Å²) < 4.78 is 122. The molecule has 6 atom stereocenters. The Morgan fingerprint density at radius 3 is 0.844 bits per heavy atom. The first kappa shape index (κ1) is 105. The fraction of sp³-hybridized carbons (Fsp3) is 0.303. The van der Waals surface area contributed by atoms with E-state index in [2.05, 4.69) is 55.7 Å². The molecule has 3 amide bonds. The van der Waals surface area contributed by atoms with Gasteiger partial charge in [0.05, 0.1) is 115 Å². The van der Waals surface area contributed by atoms with Crippen LogP contribution in [0.3, 0.4) is 0 Å². The fourth-order valence-electron chi connectivity index (χ4n) is 18.7. The van der Waals surface area contributed by atoms with Gasteiger partial charge in [0.15, 0.2) is 52.2 Å². The topological polar surface area (TPSA) is 346 Å². The van der Waals surface area contributed by atoms with Gasteiger partial charge in [-0.2, -0.15) is 24.6 Å². The molecular weight excluding hydrogens is 1990 g/mol. The van der Waals surface area contributed by atoms with Crippen molar-refractivity contribution in [2.24, 2.45) is 0 Å². The molecule has 12 heterocycles. The van der Waals surface area contributed by atoms with Crippen LogP contribution in [0.25, 0.3) is 83.9 Å². The molecule has 3 aromatic carbocycles. The molecule has 732 valence electrons. The number of phenols is 3. The SMILES string of the molecule is C=CC(=O)N1[C@H](C)CN(c2c(C#N)c(=O)n(-c3c(C)ccnc3C(C)C)c3nc(-c4c(F)c(Cl)c(F)c(O)c4Cl)c(Cl)cc23)C[C@@H]1C.C=CC(=O)N1[C@H](C)CN(c2c(C#N)c(=O)n(-c3c(C)ccnc3C(C)C)c3nc(-c4c(F)c(F)c(F)c(O)c4Cl)c(Cl)cc23)C[C@@H]1C.C=CC(=O)N1[C@H](C)CN(c2c(C#N)c(=O)n(-c3c(C)ccnc3C(C)C)c3nc(-c4c(F)c(F)c(F)c(O)c4Cl)c(Cl)cc23)C[C@@H]1C. The lowest BCUT2D eigenvalue weighted by atomic mass is 10.0. The molecule has 0 radical (unpaired) electrons. The average Bonchev–Trinajstić information content (AvgIpc) is 0.725. The molecule has 0 aliphatic carbocycles. The second-order valence-corrected chi connectivity index (χ2v) is 37.9. The van der Waals surface area contributed by atoms with Crippen LogP contribution in [0.5, 0.6) is 17.2 Å². The van der Waals surface area contributed by atoms with Crippen molar-refractivity contribution in [1.82, 2.24) is 58.3 Å². The summed E-state index contributed by atoms with van der Waals surface area (Å²) in [6.45, 7) is 39.5. The van der Waals surface area contributed by atoms with Crippen molar-refractivity contribution in [3.05, 3.63) is 256 Å². The lowest BCUT2D eigenvalue weighted by Crippen LogP contribution is -2.58. The van der Waals surface area contributed by atoms with E-state index in [1.807, 2.05) is 100 Å². The molecule has 141 heavy (non-hydrogen) atoms. The second-order valence-electron chi connectivity index (χ2n) is 35.1. The highest BCUT2D eigenvalue weighted by atomic mass is 35.5. The number of nitriles is 3. The summed E-state index contributed by atoms with van der Waals surface area (Å²) >= 11 is 44.5. The number of hydrogen-bond donors (Lipinski definition) is 3. The van der Waals surface area contributed by atoms with Gasteiger partial charge in [-0.05, 0) is 151 Å². The Hall–Kier alpha value is -13.4. The molecule has 3 saturated heterocycles. The zero-order valence-corrected chi connectivity index (χ0v) is 83.3. The number of aryl methyl sites for hydroxylation is 3. The minimum atomic E-state index is -2.00. The molecule has 9 aromatic heterocycles. The van der Waals surface area contributed by atoms with E-state index in [1.54, 1.807) is 82.1 Å². The molecule has 0 bridgehead atoms. The van der Waals surface area contributed by atoms with Crippen LogP contribution in [-0.2, 0) is 14.4 Å². The minimum Gasteiger partial charge on any atom is -0.504 e. The Kier molecular flexibility index (Phi) is 30.5. The van der Waals surface area contributed by atoms with Gasteiger partial charge in [-0.3, -0.25) is 57.4 Å². The highest BCUT2D eigenvalue weighted by Crippen LogP contribution is 2.51. The summed E-state index contributed by atoms with van der Waals surface area (Å²) in [6, 6.07) is 13.1. The van der Waals surface area contributed by atoms with E-state index in [0.717, 1.165) is 0 Å². The Morgan fingerprint density at radius 1 is 0.383 bits per heavy atom. The van der Waals surface area contributed by atoms with E-state index in [4.69, 9.17) is 81.2 Å². The van der Waals surface area contributed by atoms with E-state index in [9.17, 15) is 81.8 Å². The van der Waals surface area contributed by atoms with E-state index < -0.39 is 129 Å². The molecule has 42 heteroatoms. The number of halogens is 15. The third-order valence-electron chi connectivity index (χ3n) is 24.8. The Balaban J connectivity index is 0.000000178. The molecule has 0 spiro atoms. The van der Waals surface area contributed by atoms with Crippen molar-refractivity contribution in [2.75, 3.05) is 54.0 Å². The van der Waals surface area contributed by atoms with Crippen LogP contribution in [0.1, 0.15) is 151 Å². The molecule has 3 aliphatic heterocycles. The average molecular weight is 2070 g/mol. The van der Waals surface area contributed by atoms with Crippen molar-refractivity contribution in [1.29, 1.82) is 15.8 Å². The number of benzene rings is 3. The Bertz CT molecular complexity index is 6870. The van der Waals surface area contributed by atoms with Crippen molar-refractivity contribution >= 4 is 149 Å². The molecule has 0 saturated carbocycles. The van der Waals surface area contributed by atoms with Crippen molar-refractivity contribution in [2.45, 2.75) is 158 Å². The highest BCUT2D eigenvalue weighted by molar-refractivity contribution is 6.40. The van der Waals surface area contributed by atoms with E-state index >= 15 is 13.2 Å². The van der Waals surface area contributed by atoms with Crippen LogP contribution in [0.2, 0.25) is 35.2 Å². The van der Waals surface area contributed by atoms with E-state index in [-0.39, 0.29) is 199 Å². The van der Waals surface area contributed by atoms with Crippen LogP contribution in [-0.4, -0.2) is 167 Å². The smallest absolute Gasteiger partial charge is 0.276 e. The molecular formula is C99H87Cl7F8N18O9. The van der Waals surface area contributed by atoms with Crippen LogP contribution < -0.4 is 31.4 Å². The van der Waals surface area contributed by atoms with Gasteiger partial charge in [-0.15, -0.1) is 0 Å². The van der Waals surface area contributed by atoms with Crippen LogP contribution in [0, 0.1) is 101 Å². The lowest BCUT2D eigenvalue weighted by molar-refractivity contribution is -0.131. The van der Waals surface area contributed by atoms with E-state index in [1.165, 1.54) is 50.1 Å². The number of piperazine rings is 3. The van der Waals surface area contributed by atoms with Gasteiger partial charge in [-0.25, -0.2) is 41.3 Å². The second kappa shape index (κ2) is 41.0. The molecule has 27 nitrogen and oxygen atoms in total. The Labute approximate surface area is 836 Å². The standard InChI is InChI=1S/C33H29Cl3F2N6O3.2C33H29Cl2F3N6O3/c1-7-21(45)43-16(5)12-42(13-17(43)6)30-18-10-20(34)28(22-23(35)31(46)26(38)24(36)25(22)37)41-32(18)44(33(47)19(30)11-39)29-15(4)8-9-40-27(29)14(2)3;2*1-7-21(45)43-16(5)12-42(13-17(43)6)30-18-10-20(34)28(22-23(35)31(46)26(38)25(37)24(22)36)41-32(18)44(33(47)19(30)11-39)29-15(4)8-9-40-27(29)14(2)3/h3*7-10,14,16-17,46H,1,12-13H2,2-6H3/t3*16-,17+. The number of anilines is 3. The number of carbonyl (C=O) groups is 3. The lowest BCUT2D eigenvalue weighted by Gasteiger charge is -2.45. The molecule has 3 aliphatic rings. The van der Waals surface area contributed by atoms with Crippen molar-refractivity contribution in [3.8, 4) is 86.3 Å². The number of rotatable bonds is 15. The zero-order chi connectivity index (χ0) is 104. The summed E-state index contributed by atoms with van der Waals surface area (Å²) in [7, 11) is 0. The number of hydrogen-bond acceptors (Lipinski definition) is 21. The minimum absolute atomic E-state index is 0.0401. The predicted molar refractivity (Wildman–Crippen MR) is 527 cm³/mol. The van der Waals surface area contributed by atoms with Crippen molar-refractivity contribution in [3.63, 3.8) is 0 Å². The first-order valence-electron chi connectivity index (χ1n) is 43.7. The summed E-state index contributed by atoms with van der Waals surface area (Å²) in [5.41, 5.74) is -2.01. The molecule has 3 N–H and O–H groups in total. The van der Waals surface area contributed by atoms with Crippen LogP contribution >= 0.6 is 81.2 Å². The number of aromatic hydroxyl groups is 3. The number of pyridine rings is 9. The summed E-state index contributed by atoms with van der Waals surface area (Å²) in [5, 5.41) is 58.4. The molecule has 0 unspecified atom stereocenters. The summed E-state index contributed by atoms with van der Waals surface area (Å²) in [5.74, 6) is -19.3. The number of aromatic nitrogens is 9. The third kappa shape index (κ3) is 18.2. The summed E-state index contributed by atoms with van der Waals surface area (Å²) in [4.78, 5) is 119. The quantitative estimate of drug-likeness (QED) is 0.0371. The van der Waals surface area contributed by atoms with E-state index in [0.29, 0.717) is 50.8 Å². The number of fused-ring (bicyclic) bond motifs is 3. The van der Waals surface area contributed by atoms with Gasteiger partial charge < -0.3 is 44.7 Å². The van der Waals surface area contributed by atoms with Crippen LogP contribution in [0.4, 0.5) is 52.2 Å². The number of phenolic OH excluding ortho intramolecular Hbond substituents is 3. The van der Waals surface area contributed by atoms with Gasteiger partial charge in [0.1, 0.15) is 56.9 Å². The van der Waals surface area contributed by atoms with Gasteiger partial charge in [-0.1, -0.05) is 142 Å². The third-order valence-corrected chi connectivity index (χ3v) is 27.1. The predicted octanol–water partition coefficient (Wildman–Crippen LogP) is 20.9. The molecule has 3 fully saturated rings. The molecule has 15 rings (SSSR count). The fourth-order valence-corrected chi connectivity index (χ4v) is 20.4. The first-order valence-corrected chi connectivity index (χ1v) is 46.3. The maximum Gasteiger partial charge on any atom is 0.276 e. The van der Waals surface area contributed by atoms with Gasteiger partial charge in [0.2, 0.25) is 29.4 Å². The first-order chi connectivity index (χ1) is 66.5. The number of nitrogens with zero attached hydrogens (tertiary/aromatic N) is 18. The van der Waals surface area contributed by atoms with Crippen LogP contribution in [0.15, 0.2) is 107 Å². The normalized spacial score (nSPS) is 16.6. The molecule has 12 aromatic rings. The van der Waals surface area contributed by atoms with Gasteiger partial charge in [0, 0.05) is 110 Å². The van der Waals surface area contributed by atoms with Gasteiger partial charge in [0.25, 0.3) is 16.7 Å². The zero-order valence-electron chi connectivity index (χ0n) is 78.0. The number of amides is 3. The maximum atomic E-state index is 15.6. The van der Waals surface area contributed by atoms with Gasteiger partial charge >= 0.3 is 0 Å². The highest BCUT2D eigenvalue weighted by Gasteiger charge is 2.43. The maximum absolute atomic E-state index is 15.6. The Morgan fingerprint density at radius 2 is 0.617 bits per heavy atom. The van der Waals surface area contributed by atoms with Crippen molar-refractivity contribution < 1.29 is 64.8 Å². The number of carbonyl (C=O) groups excluding carboxylic acids is 3. The monoisotopic (exact) mass is 2070 g/mol. The summed E-state index contributed by atoms with van der Waals surface area (Å²) in [6.07, 6.45) is 8.41.